The van der Waals surface area contributed by atoms with Gasteiger partial charge in [-0.05, 0) is 71.2 Å². The number of thiazole rings is 1. The third-order valence-corrected chi connectivity index (χ3v) is 8.81. The van der Waals surface area contributed by atoms with E-state index >= 15 is 0 Å². The first-order chi connectivity index (χ1) is 21.2. The van der Waals surface area contributed by atoms with Gasteiger partial charge in [0.15, 0.2) is 22.9 Å². The summed E-state index contributed by atoms with van der Waals surface area (Å²) in [5.74, 6) is 0.783. The van der Waals surface area contributed by atoms with E-state index in [2.05, 4.69) is 20.9 Å². The molecule has 1 atom stereocenters. The van der Waals surface area contributed by atoms with Crippen LogP contribution >= 0.6 is 27.3 Å². The first-order valence-electron chi connectivity index (χ1n) is 13.9. The number of carbonyl (C=O) groups excluding carboxylic acids is 2. The maximum Gasteiger partial charge on any atom is 0.338 e. The highest BCUT2D eigenvalue weighted by molar-refractivity contribution is 9.10. The molecule has 1 saturated heterocycles. The van der Waals surface area contributed by atoms with E-state index in [1.54, 1.807) is 56.2 Å². The molecule has 3 heterocycles. The summed E-state index contributed by atoms with van der Waals surface area (Å²) in [6, 6.07) is 9.88. The number of rotatable bonds is 9. The molecule has 5 rings (SSSR count). The van der Waals surface area contributed by atoms with E-state index in [0.717, 1.165) is 0 Å². The Morgan fingerprint density at radius 3 is 2.50 bits per heavy atom. The number of morpholine rings is 1. The average molecular weight is 687 g/mol. The van der Waals surface area contributed by atoms with Crippen LogP contribution in [0.25, 0.3) is 6.08 Å². The Morgan fingerprint density at radius 2 is 1.82 bits per heavy atom. The predicted octanol–water partition coefficient (Wildman–Crippen LogP) is 2.82. The number of carbonyl (C=O) groups is 2. The molecular formula is C31H32BrN3O8S. The van der Waals surface area contributed by atoms with Crippen LogP contribution in [0.4, 0.5) is 0 Å². The van der Waals surface area contributed by atoms with Crippen LogP contribution in [0, 0.1) is 0 Å². The third kappa shape index (κ3) is 6.44. The van der Waals surface area contributed by atoms with Crippen molar-refractivity contribution in [2.24, 2.45) is 4.99 Å². The molecule has 1 aromatic heterocycles. The molecule has 2 aliphatic rings. The normalized spacial score (nSPS) is 16.7. The zero-order valence-corrected chi connectivity index (χ0v) is 27.2. The summed E-state index contributed by atoms with van der Waals surface area (Å²) < 4.78 is 30.0. The Kier molecular flexibility index (Phi) is 9.87. The number of hydrogen-bond acceptors (Lipinski definition) is 10. The Balaban J connectivity index is 1.51. The Morgan fingerprint density at radius 1 is 1.09 bits per heavy atom. The number of benzene rings is 2. The fraction of sp³-hybridized carbons (Fsp3) is 0.355. The molecule has 0 radical (unpaired) electrons. The van der Waals surface area contributed by atoms with Crippen LogP contribution in [0.15, 0.2) is 61.9 Å². The summed E-state index contributed by atoms with van der Waals surface area (Å²) in [5.41, 5.74) is 1.83. The molecule has 0 bridgehead atoms. The monoisotopic (exact) mass is 685 g/mol. The first kappa shape index (κ1) is 31.5. The van der Waals surface area contributed by atoms with Crippen molar-refractivity contribution in [2.45, 2.75) is 19.9 Å². The van der Waals surface area contributed by atoms with Gasteiger partial charge in [-0.3, -0.25) is 14.2 Å². The Labute approximate surface area is 266 Å². The molecule has 2 aromatic carbocycles. The molecule has 3 aromatic rings. The number of hydrogen-bond donors (Lipinski definition) is 0. The molecule has 0 unspecified atom stereocenters. The fourth-order valence-corrected chi connectivity index (χ4v) is 6.65. The Hall–Kier alpha value is -3.94. The van der Waals surface area contributed by atoms with E-state index in [0.29, 0.717) is 74.2 Å². The van der Waals surface area contributed by atoms with Crippen LogP contribution in [-0.2, 0) is 19.1 Å². The topological polar surface area (TPSA) is 118 Å². The second-order valence-electron chi connectivity index (χ2n) is 9.89. The lowest BCUT2D eigenvalue weighted by Crippen LogP contribution is -2.43. The lowest BCUT2D eigenvalue weighted by molar-refractivity contribution is -0.139. The summed E-state index contributed by atoms with van der Waals surface area (Å²) in [6.07, 6.45) is 1.74. The largest absolute Gasteiger partial charge is 0.496 e. The van der Waals surface area contributed by atoms with Crippen LogP contribution in [-0.4, -0.2) is 75.1 Å². The summed E-state index contributed by atoms with van der Waals surface area (Å²) in [7, 11) is 3.08. The summed E-state index contributed by atoms with van der Waals surface area (Å²) in [4.78, 5) is 46.4. The molecule has 1 amide bonds. The molecule has 232 valence electrons. The number of aromatic nitrogens is 1. The smallest absolute Gasteiger partial charge is 0.338 e. The van der Waals surface area contributed by atoms with Crippen LogP contribution in [0.3, 0.4) is 0 Å². The van der Waals surface area contributed by atoms with Crippen molar-refractivity contribution < 1.29 is 33.3 Å². The van der Waals surface area contributed by atoms with Gasteiger partial charge in [0, 0.05) is 13.1 Å². The molecule has 0 saturated carbocycles. The van der Waals surface area contributed by atoms with E-state index in [1.165, 1.54) is 23.0 Å². The van der Waals surface area contributed by atoms with Gasteiger partial charge in [0.2, 0.25) is 0 Å². The van der Waals surface area contributed by atoms with Crippen LogP contribution in [0.5, 0.6) is 17.2 Å². The molecule has 13 heteroatoms. The number of nitrogens with zero attached hydrogens (tertiary/aromatic N) is 3. The first-order valence-corrected chi connectivity index (χ1v) is 15.6. The molecule has 0 spiro atoms. The van der Waals surface area contributed by atoms with E-state index < -0.39 is 12.0 Å². The van der Waals surface area contributed by atoms with Gasteiger partial charge in [-0.2, -0.15) is 0 Å². The van der Waals surface area contributed by atoms with Crippen molar-refractivity contribution >= 4 is 45.2 Å². The quantitative estimate of drug-likeness (QED) is 0.316. The van der Waals surface area contributed by atoms with E-state index in [9.17, 15) is 14.4 Å². The number of amides is 1. The third-order valence-electron chi connectivity index (χ3n) is 7.21. The average Bonchev–Trinajstić information content (AvgIpc) is 3.33. The molecule has 0 N–H and O–H groups in total. The van der Waals surface area contributed by atoms with Gasteiger partial charge < -0.3 is 28.6 Å². The molecule has 1 fully saturated rings. The van der Waals surface area contributed by atoms with E-state index in [-0.39, 0.29) is 30.3 Å². The maximum atomic E-state index is 14.0. The zero-order chi connectivity index (χ0) is 31.4. The minimum Gasteiger partial charge on any atom is -0.496 e. The Bertz CT molecular complexity index is 1790. The standard InChI is InChI=1S/C31H32BrN3O8S/c1-5-42-30(38)27-18(2)33-31-35(28(27)20-7-9-22(39-3)21(32)16-20)29(37)25(44-31)15-19-6-8-23(24(14-19)40-4)43-17-26(36)34-10-12-41-13-11-34/h6-9,14-16,28H,5,10-13,17H2,1-4H3/b25-15+/t28-/m0/s1. The van der Waals surface area contributed by atoms with Crippen molar-refractivity contribution in [1.82, 2.24) is 9.47 Å². The molecule has 44 heavy (non-hydrogen) atoms. The summed E-state index contributed by atoms with van der Waals surface area (Å²) in [6.45, 7) is 5.62. The van der Waals surface area contributed by atoms with Crippen LogP contribution < -0.4 is 29.1 Å². The van der Waals surface area contributed by atoms with E-state index in [4.69, 9.17) is 23.7 Å². The number of allylic oxidation sites excluding steroid dienone is 1. The van der Waals surface area contributed by atoms with Gasteiger partial charge in [-0.1, -0.05) is 23.5 Å². The van der Waals surface area contributed by atoms with Gasteiger partial charge in [0.05, 0.1) is 60.4 Å². The number of methoxy groups -OCH3 is 2. The lowest BCUT2D eigenvalue weighted by Gasteiger charge is -2.26. The summed E-state index contributed by atoms with van der Waals surface area (Å²) in [5, 5.41) is 0. The van der Waals surface area contributed by atoms with Gasteiger partial charge >= 0.3 is 5.97 Å². The maximum absolute atomic E-state index is 14.0. The molecule has 0 aliphatic carbocycles. The minimum atomic E-state index is -0.760. The SMILES string of the molecule is CCOC(=O)C1=C(C)N=c2s/c(=C/c3ccc(OCC(=O)N4CCOCC4)c(OC)c3)c(=O)n2[C@H]1c1ccc(OC)c(Br)c1. The minimum absolute atomic E-state index is 0.127. The molecule has 2 aliphatic heterocycles. The number of esters is 1. The number of halogens is 1. The van der Waals surface area contributed by atoms with Crippen molar-refractivity contribution in [1.29, 1.82) is 0 Å². The van der Waals surface area contributed by atoms with Crippen LogP contribution in [0.2, 0.25) is 0 Å². The van der Waals surface area contributed by atoms with E-state index in [1.807, 2.05) is 12.1 Å². The van der Waals surface area contributed by atoms with Gasteiger partial charge in [-0.15, -0.1) is 0 Å². The highest BCUT2D eigenvalue weighted by Gasteiger charge is 2.33. The van der Waals surface area contributed by atoms with Gasteiger partial charge in [-0.25, -0.2) is 9.79 Å². The highest BCUT2D eigenvalue weighted by Crippen LogP contribution is 2.35. The molecule has 11 nitrogen and oxygen atoms in total. The zero-order valence-electron chi connectivity index (χ0n) is 24.8. The second-order valence-corrected chi connectivity index (χ2v) is 11.8. The van der Waals surface area contributed by atoms with Gasteiger partial charge in [0.1, 0.15) is 5.75 Å². The van der Waals surface area contributed by atoms with Crippen molar-refractivity contribution in [3.05, 3.63) is 83.0 Å². The predicted molar refractivity (Wildman–Crippen MR) is 167 cm³/mol. The summed E-state index contributed by atoms with van der Waals surface area (Å²) >= 11 is 4.74. The van der Waals surface area contributed by atoms with Crippen LogP contribution in [0.1, 0.15) is 31.0 Å². The fourth-order valence-electron chi connectivity index (χ4n) is 5.05. The second kappa shape index (κ2) is 13.8. The number of ether oxygens (including phenoxy) is 5. The van der Waals surface area contributed by atoms with Crippen molar-refractivity contribution in [3.8, 4) is 17.2 Å². The number of fused-ring (bicyclic) bond motifs is 1. The van der Waals surface area contributed by atoms with Gasteiger partial charge in [0.25, 0.3) is 11.5 Å². The van der Waals surface area contributed by atoms with Crippen molar-refractivity contribution in [3.63, 3.8) is 0 Å². The van der Waals surface area contributed by atoms with Crippen molar-refractivity contribution in [2.75, 3.05) is 53.7 Å². The lowest BCUT2D eigenvalue weighted by atomic mass is 9.96. The highest BCUT2D eigenvalue weighted by atomic mass is 79.9. The molecular weight excluding hydrogens is 654 g/mol.